The number of ether oxygens (including phenoxy) is 2. The molecule has 0 atom stereocenters. The average molecular weight is 557 g/mol. The van der Waals surface area contributed by atoms with E-state index in [0.717, 1.165) is 21.8 Å². The van der Waals surface area contributed by atoms with Crippen molar-refractivity contribution < 1.29 is 14.3 Å². The van der Waals surface area contributed by atoms with Crippen LogP contribution in [0.5, 0.6) is 11.5 Å². The molecule has 0 saturated heterocycles. The molecule has 1 aromatic heterocycles. The van der Waals surface area contributed by atoms with Crippen molar-refractivity contribution in [2.75, 3.05) is 49.9 Å². The van der Waals surface area contributed by atoms with Crippen LogP contribution in [0, 0.1) is 0 Å². The minimum Gasteiger partial charge on any atom is -0.493 e. The Morgan fingerprint density at radius 2 is 1.62 bits per heavy atom. The summed E-state index contributed by atoms with van der Waals surface area (Å²) in [7, 11) is 5.36. The summed E-state index contributed by atoms with van der Waals surface area (Å²) >= 11 is 13.4. The molecule has 0 radical (unpaired) electrons. The molecular formula is C28H27Cl2N3O3S. The first-order chi connectivity index (χ1) is 17.9. The van der Waals surface area contributed by atoms with Gasteiger partial charge >= 0.3 is 0 Å². The van der Waals surface area contributed by atoms with E-state index in [2.05, 4.69) is 15.5 Å². The predicted octanol–water partition coefficient (Wildman–Crippen LogP) is 7.54. The van der Waals surface area contributed by atoms with Gasteiger partial charge in [-0.2, -0.15) is 0 Å². The van der Waals surface area contributed by atoms with Crippen molar-refractivity contribution in [2.24, 2.45) is 0 Å². The van der Waals surface area contributed by atoms with E-state index in [1.54, 1.807) is 32.4 Å². The molecule has 192 valence electrons. The van der Waals surface area contributed by atoms with Crippen molar-refractivity contribution in [3.8, 4) is 21.9 Å². The molecular weight excluding hydrogens is 529 g/mol. The third kappa shape index (κ3) is 6.68. The fourth-order valence-electron chi connectivity index (χ4n) is 3.67. The number of amides is 1. The molecule has 6 nitrogen and oxygen atoms in total. The lowest BCUT2D eigenvalue weighted by Gasteiger charge is -2.20. The van der Waals surface area contributed by atoms with Crippen LogP contribution in [0.3, 0.4) is 0 Å². The number of methoxy groups -OCH3 is 1. The van der Waals surface area contributed by atoms with Gasteiger partial charge in [-0.15, -0.1) is 11.3 Å². The second-order valence-corrected chi connectivity index (χ2v) is 10.1. The largest absolute Gasteiger partial charge is 0.493 e. The Labute approximate surface area is 230 Å². The van der Waals surface area contributed by atoms with E-state index in [4.69, 9.17) is 32.7 Å². The molecule has 4 rings (SSSR count). The summed E-state index contributed by atoms with van der Waals surface area (Å²) in [6.45, 7) is 1.12. The van der Waals surface area contributed by atoms with E-state index in [9.17, 15) is 4.79 Å². The lowest BCUT2D eigenvalue weighted by atomic mass is 10.2. The van der Waals surface area contributed by atoms with Gasteiger partial charge in [0.25, 0.3) is 5.91 Å². The molecule has 2 N–H and O–H groups in total. The molecule has 3 aromatic carbocycles. The maximum absolute atomic E-state index is 13.1. The third-order valence-electron chi connectivity index (χ3n) is 5.71. The molecule has 1 amide bonds. The van der Waals surface area contributed by atoms with E-state index in [-0.39, 0.29) is 5.91 Å². The Kier molecular flexibility index (Phi) is 8.82. The van der Waals surface area contributed by atoms with Gasteiger partial charge in [0, 0.05) is 46.5 Å². The Balaban J connectivity index is 1.41. The van der Waals surface area contributed by atoms with Crippen LogP contribution < -0.4 is 25.0 Å². The van der Waals surface area contributed by atoms with Crippen LogP contribution in [-0.4, -0.2) is 40.3 Å². The Hall–Kier alpha value is -3.39. The number of likely N-dealkylation sites (N-methyl/N-ethyl adjacent to an activating group) is 1. The number of rotatable bonds is 10. The average Bonchev–Trinajstić information content (AvgIpc) is 3.35. The standard InChI is InChI=1S/C28H27Cl2N3O3S/c1-31-23-17-26(18-4-6-19(29)7-5-18)37-27(23)28(34)32-21-10-13-24(25(16-21)35-3)36-15-14-33(2)22-11-8-20(30)9-12-22/h4-13,16-17,31H,14-15H2,1-3H3,(H,32,34). The maximum atomic E-state index is 13.1. The van der Waals surface area contributed by atoms with Crippen LogP contribution in [0.2, 0.25) is 10.0 Å². The second-order valence-electron chi connectivity index (χ2n) is 8.18. The number of halogens is 2. The SMILES string of the molecule is CNc1cc(-c2ccc(Cl)cc2)sc1C(=O)Nc1ccc(OCCN(C)c2ccc(Cl)cc2)c(OC)c1. The highest BCUT2D eigenvalue weighted by molar-refractivity contribution is 7.18. The van der Waals surface area contributed by atoms with Gasteiger partial charge in [0.05, 0.1) is 19.3 Å². The van der Waals surface area contributed by atoms with E-state index >= 15 is 0 Å². The van der Waals surface area contributed by atoms with Gasteiger partial charge in [-0.25, -0.2) is 0 Å². The molecule has 0 fully saturated rings. The normalized spacial score (nSPS) is 10.6. The zero-order chi connectivity index (χ0) is 26.4. The summed E-state index contributed by atoms with van der Waals surface area (Å²) in [5.41, 5.74) is 3.40. The van der Waals surface area contributed by atoms with Crippen LogP contribution in [0.1, 0.15) is 9.67 Å². The summed E-state index contributed by atoms with van der Waals surface area (Å²) in [6, 6.07) is 22.5. The summed E-state index contributed by atoms with van der Waals surface area (Å²) in [5.74, 6) is 0.922. The van der Waals surface area contributed by atoms with E-state index in [0.29, 0.717) is 45.3 Å². The van der Waals surface area contributed by atoms with Gasteiger partial charge in [0.15, 0.2) is 11.5 Å². The lowest BCUT2D eigenvalue weighted by Crippen LogP contribution is -2.23. The zero-order valence-electron chi connectivity index (χ0n) is 20.7. The van der Waals surface area contributed by atoms with Gasteiger partial charge in [-0.1, -0.05) is 35.3 Å². The van der Waals surface area contributed by atoms with Gasteiger partial charge in [-0.05, 0) is 60.2 Å². The monoisotopic (exact) mass is 555 g/mol. The molecule has 0 aliphatic carbocycles. The van der Waals surface area contributed by atoms with Crippen LogP contribution in [0.15, 0.2) is 72.8 Å². The number of nitrogens with one attached hydrogen (secondary N) is 2. The van der Waals surface area contributed by atoms with E-state index in [1.807, 2.05) is 61.6 Å². The number of hydrogen-bond donors (Lipinski definition) is 2. The lowest BCUT2D eigenvalue weighted by molar-refractivity contribution is 0.103. The highest BCUT2D eigenvalue weighted by Crippen LogP contribution is 2.36. The number of benzene rings is 3. The molecule has 0 spiro atoms. The predicted molar refractivity (Wildman–Crippen MR) is 155 cm³/mol. The number of nitrogens with zero attached hydrogens (tertiary/aromatic N) is 1. The first-order valence-corrected chi connectivity index (χ1v) is 13.1. The molecule has 9 heteroatoms. The number of anilines is 3. The first kappa shape index (κ1) is 26.7. The van der Waals surface area contributed by atoms with Crippen molar-refractivity contribution in [3.63, 3.8) is 0 Å². The first-order valence-electron chi connectivity index (χ1n) is 11.5. The quantitative estimate of drug-likeness (QED) is 0.211. The summed E-state index contributed by atoms with van der Waals surface area (Å²) in [5, 5.41) is 7.45. The molecule has 0 aliphatic rings. The minimum atomic E-state index is -0.213. The topological polar surface area (TPSA) is 62.8 Å². The van der Waals surface area contributed by atoms with Crippen LogP contribution in [0.25, 0.3) is 10.4 Å². The van der Waals surface area contributed by atoms with Crippen molar-refractivity contribution in [3.05, 3.63) is 87.7 Å². The minimum absolute atomic E-state index is 0.213. The Bertz CT molecular complexity index is 1360. The highest BCUT2D eigenvalue weighted by atomic mass is 35.5. The van der Waals surface area contributed by atoms with Crippen molar-refractivity contribution in [2.45, 2.75) is 0 Å². The van der Waals surface area contributed by atoms with Gasteiger partial charge in [-0.3, -0.25) is 4.79 Å². The number of carbonyl (C=O) groups is 1. The maximum Gasteiger partial charge on any atom is 0.267 e. The molecule has 0 saturated carbocycles. The third-order valence-corrected chi connectivity index (χ3v) is 7.40. The molecule has 37 heavy (non-hydrogen) atoms. The van der Waals surface area contributed by atoms with E-state index < -0.39 is 0 Å². The second kappa shape index (κ2) is 12.2. The zero-order valence-corrected chi connectivity index (χ0v) is 23.0. The Morgan fingerprint density at radius 1 is 0.946 bits per heavy atom. The van der Waals surface area contributed by atoms with Crippen molar-refractivity contribution >= 4 is 57.5 Å². The van der Waals surface area contributed by atoms with Gasteiger partial charge in [0.1, 0.15) is 11.5 Å². The van der Waals surface area contributed by atoms with Crippen LogP contribution >= 0.6 is 34.5 Å². The Morgan fingerprint density at radius 3 is 2.27 bits per heavy atom. The fourth-order valence-corrected chi connectivity index (χ4v) is 4.99. The molecule has 0 aliphatic heterocycles. The molecule has 4 aromatic rings. The summed E-state index contributed by atoms with van der Waals surface area (Å²) in [4.78, 5) is 16.8. The molecule has 0 bridgehead atoms. The van der Waals surface area contributed by atoms with Crippen LogP contribution in [-0.2, 0) is 0 Å². The van der Waals surface area contributed by atoms with Crippen LogP contribution in [0.4, 0.5) is 17.1 Å². The number of carbonyl (C=O) groups excluding carboxylic acids is 1. The molecule has 1 heterocycles. The smallest absolute Gasteiger partial charge is 0.267 e. The number of hydrogen-bond acceptors (Lipinski definition) is 6. The number of thiophene rings is 1. The summed E-state index contributed by atoms with van der Waals surface area (Å²) in [6.07, 6.45) is 0. The van der Waals surface area contributed by atoms with Crippen molar-refractivity contribution in [1.29, 1.82) is 0 Å². The summed E-state index contributed by atoms with van der Waals surface area (Å²) < 4.78 is 11.5. The molecule has 0 unspecified atom stereocenters. The van der Waals surface area contributed by atoms with Gasteiger partial charge < -0.3 is 25.0 Å². The van der Waals surface area contributed by atoms with Crippen molar-refractivity contribution in [1.82, 2.24) is 0 Å². The van der Waals surface area contributed by atoms with E-state index in [1.165, 1.54) is 11.3 Å². The van der Waals surface area contributed by atoms with Gasteiger partial charge in [0.2, 0.25) is 0 Å². The highest BCUT2D eigenvalue weighted by Gasteiger charge is 2.18. The fraction of sp³-hybridized carbons (Fsp3) is 0.179.